The average molecular weight is 288 g/mol. The van der Waals surface area contributed by atoms with Gasteiger partial charge in [-0.05, 0) is 36.4 Å². The summed E-state index contributed by atoms with van der Waals surface area (Å²) in [6, 6.07) is 6.46. The number of thioether (sulfide) groups is 1. The molecule has 15 heavy (non-hydrogen) atoms. The molecule has 0 amide bonds. The van der Waals surface area contributed by atoms with Gasteiger partial charge in [-0.25, -0.2) is 0 Å². The lowest BCUT2D eigenvalue weighted by Gasteiger charge is -2.10. The summed E-state index contributed by atoms with van der Waals surface area (Å²) in [5.74, 6) is 0.707. The van der Waals surface area contributed by atoms with Crippen molar-refractivity contribution in [2.75, 3.05) is 12.8 Å². The number of halogens is 1. The van der Waals surface area contributed by atoms with E-state index in [4.69, 9.17) is 0 Å². The molecule has 84 valence electrons. The van der Waals surface area contributed by atoms with E-state index in [0.29, 0.717) is 5.92 Å². The lowest BCUT2D eigenvalue weighted by Crippen LogP contribution is -2.19. The molecule has 1 N–H and O–H groups in total. The Morgan fingerprint density at radius 1 is 1.40 bits per heavy atom. The van der Waals surface area contributed by atoms with Crippen molar-refractivity contribution in [3.8, 4) is 0 Å². The third-order valence-electron chi connectivity index (χ3n) is 2.12. The van der Waals surface area contributed by atoms with Gasteiger partial charge in [-0.2, -0.15) is 0 Å². The van der Waals surface area contributed by atoms with Gasteiger partial charge in [0.15, 0.2) is 0 Å². The smallest absolute Gasteiger partial charge is 0.0216 e. The summed E-state index contributed by atoms with van der Waals surface area (Å²) in [6.45, 7) is 6.49. The van der Waals surface area contributed by atoms with Crippen LogP contribution in [-0.2, 0) is 6.54 Å². The summed E-state index contributed by atoms with van der Waals surface area (Å²) in [6.07, 6.45) is 2.12. The third kappa shape index (κ3) is 4.58. The van der Waals surface area contributed by atoms with Gasteiger partial charge in [-0.3, -0.25) is 0 Å². The first kappa shape index (κ1) is 13.1. The fourth-order valence-electron chi connectivity index (χ4n) is 1.36. The van der Waals surface area contributed by atoms with Crippen molar-refractivity contribution in [2.24, 2.45) is 5.92 Å². The van der Waals surface area contributed by atoms with Crippen LogP contribution in [0.25, 0.3) is 0 Å². The van der Waals surface area contributed by atoms with E-state index in [-0.39, 0.29) is 0 Å². The lowest BCUT2D eigenvalue weighted by atomic mass is 10.2. The molecule has 1 nitrogen and oxygen atoms in total. The highest BCUT2D eigenvalue weighted by Crippen LogP contribution is 2.24. The maximum Gasteiger partial charge on any atom is 0.0216 e. The zero-order valence-electron chi connectivity index (χ0n) is 9.51. The molecule has 0 spiro atoms. The van der Waals surface area contributed by atoms with E-state index in [1.165, 1.54) is 10.5 Å². The van der Waals surface area contributed by atoms with Crippen molar-refractivity contribution in [3.05, 3.63) is 28.2 Å². The second kappa shape index (κ2) is 6.56. The van der Waals surface area contributed by atoms with Crippen molar-refractivity contribution in [2.45, 2.75) is 25.3 Å². The van der Waals surface area contributed by atoms with Gasteiger partial charge < -0.3 is 5.32 Å². The number of hydrogen-bond acceptors (Lipinski definition) is 2. The molecule has 1 aromatic rings. The molecule has 3 heteroatoms. The Morgan fingerprint density at radius 2 is 2.13 bits per heavy atom. The van der Waals surface area contributed by atoms with Gasteiger partial charge >= 0.3 is 0 Å². The maximum absolute atomic E-state index is 3.49. The van der Waals surface area contributed by atoms with Crippen LogP contribution in [0.5, 0.6) is 0 Å². The van der Waals surface area contributed by atoms with Crippen LogP contribution in [0, 0.1) is 5.92 Å². The summed E-state index contributed by atoms with van der Waals surface area (Å²) < 4.78 is 1.15. The molecule has 0 aliphatic heterocycles. The standard InChI is InChI=1S/C12H18BrNS/c1-9(2)7-14-8-10-4-5-11(13)6-12(10)15-3/h4-6,9,14H,7-8H2,1-3H3. The van der Waals surface area contributed by atoms with Gasteiger partial charge in [-0.1, -0.05) is 35.8 Å². The van der Waals surface area contributed by atoms with Gasteiger partial charge in [-0.15, -0.1) is 11.8 Å². The number of hydrogen-bond donors (Lipinski definition) is 1. The highest BCUT2D eigenvalue weighted by molar-refractivity contribution is 9.10. The van der Waals surface area contributed by atoms with Crippen LogP contribution in [0.2, 0.25) is 0 Å². The van der Waals surface area contributed by atoms with Gasteiger partial charge in [0, 0.05) is 15.9 Å². The molecule has 1 rings (SSSR count). The van der Waals surface area contributed by atoms with Gasteiger partial charge in [0.05, 0.1) is 0 Å². The molecule has 0 fully saturated rings. The van der Waals surface area contributed by atoms with Crippen LogP contribution >= 0.6 is 27.7 Å². The van der Waals surface area contributed by atoms with E-state index in [2.05, 4.69) is 59.5 Å². The molecule has 0 saturated carbocycles. The third-order valence-corrected chi connectivity index (χ3v) is 3.43. The van der Waals surface area contributed by atoms with E-state index in [9.17, 15) is 0 Å². The molecule has 0 heterocycles. The van der Waals surface area contributed by atoms with Crippen molar-refractivity contribution in [1.82, 2.24) is 5.32 Å². The molecule has 0 atom stereocenters. The van der Waals surface area contributed by atoms with E-state index >= 15 is 0 Å². The fraction of sp³-hybridized carbons (Fsp3) is 0.500. The first-order valence-electron chi connectivity index (χ1n) is 5.16. The second-order valence-electron chi connectivity index (χ2n) is 3.98. The first-order valence-corrected chi connectivity index (χ1v) is 7.18. The number of rotatable bonds is 5. The first-order chi connectivity index (χ1) is 7.13. The summed E-state index contributed by atoms with van der Waals surface area (Å²) in [4.78, 5) is 1.35. The molecule has 0 aliphatic rings. The van der Waals surface area contributed by atoms with Gasteiger partial charge in [0.25, 0.3) is 0 Å². The molecule has 0 unspecified atom stereocenters. The van der Waals surface area contributed by atoms with E-state index in [1.54, 1.807) is 11.8 Å². The van der Waals surface area contributed by atoms with Crippen LogP contribution in [-0.4, -0.2) is 12.8 Å². The van der Waals surface area contributed by atoms with Crippen molar-refractivity contribution < 1.29 is 0 Å². The van der Waals surface area contributed by atoms with Gasteiger partial charge in [0.1, 0.15) is 0 Å². The Balaban J connectivity index is 2.60. The van der Waals surface area contributed by atoms with Crippen molar-refractivity contribution in [3.63, 3.8) is 0 Å². The van der Waals surface area contributed by atoms with Crippen LogP contribution in [0.4, 0.5) is 0 Å². The zero-order valence-corrected chi connectivity index (χ0v) is 11.9. The fourth-order valence-corrected chi connectivity index (χ4v) is 2.52. The average Bonchev–Trinajstić information content (AvgIpc) is 2.19. The van der Waals surface area contributed by atoms with E-state index < -0.39 is 0 Å². The summed E-state index contributed by atoms with van der Waals surface area (Å²) in [7, 11) is 0. The highest BCUT2D eigenvalue weighted by atomic mass is 79.9. The summed E-state index contributed by atoms with van der Waals surface area (Å²) >= 11 is 5.29. The molecule has 0 saturated heterocycles. The predicted molar refractivity (Wildman–Crippen MR) is 72.5 cm³/mol. The SMILES string of the molecule is CSc1cc(Br)ccc1CNCC(C)C. The molecule has 0 aliphatic carbocycles. The Kier molecular flexibility index (Phi) is 5.72. The Bertz CT molecular complexity index is 312. The highest BCUT2D eigenvalue weighted by Gasteiger charge is 2.02. The zero-order chi connectivity index (χ0) is 11.3. The molecule has 0 bridgehead atoms. The van der Waals surface area contributed by atoms with Crippen LogP contribution in [0.3, 0.4) is 0 Å². The molecule has 1 aromatic carbocycles. The normalized spacial score (nSPS) is 11.0. The van der Waals surface area contributed by atoms with Gasteiger partial charge in [0.2, 0.25) is 0 Å². The number of benzene rings is 1. The molecular weight excluding hydrogens is 270 g/mol. The molecule has 0 aromatic heterocycles. The van der Waals surface area contributed by atoms with Crippen LogP contribution in [0.1, 0.15) is 19.4 Å². The van der Waals surface area contributed by atoms with Crippen LogP contribution < -0.4 is 5.32 Å². The Morgan fingerprint density at radius 3 is 2.73 bits per heavy atom. The quantitative estimate of drug-likeness (QED) is 0.824. The monoisotopic (exact) mass is 287 g/mol. The topological polar surface area (TPSA) is 12.0 Å². The minimum Gasteiger partial charge on any atom is -0.312 e. The van der Waals surface area contributed by atoms with E-state index in [1.807, 2.05) is 0 Å². The summed E-state index contributed by atoms with van der Waals surface area (Å²) in [5, 5.41) is 3.47. The van der Waals surface area contributed by atoms with Crippen molar-refractivity contribution >= 4 is 27.7 Å². The molecular formula is C12H18BrNS. The van der Waals surface area contributed by atoms with Crippen molar-refractivity contribution in [1.29, 1.82) is 0 Å². The Hall–Kier alpha value is 0.01000. The van der Waals surface area contributed by atoms with Crippen LogP contribution in [0.15, 0.2) is 27.6 Å². The number of nitrogens with one attached hydrogen (secondary N) is 1. The lowest BCUT2D eigenvalue weighted by molar-refractivity contribution is 0.550. The van der Waals surface area contributed by atoms with E-state index in [0.717, 1.165) is 17.6 Å². The largest absolute Gasteiger partial charge is 0.312 e. The minimum atomic E-state index is 0.707. The maximum atomic E-state index is 3.49. The summed E-state index contributed by atoms with van der Waals surface area (Å²) in [5.41, 5.74) is 1.38. The minimum absolute atomic E-state index is 0.707. The predicted octanol–water partition coefficient (Wildman–Crippen LogP) is 3.92. The molecule has 0 radical (unpaired) electrons. The Labute approximate surface area is 105 Å². The second-order valence-corrected chi connectivity index (χ2v) is 5.74.